The standard InChI is InChI=1S/C33H53NO5/c1-20(2)21-11-16-33(28(36)37)18-17-31(6)22(27(21)33)9-10-24-30(5)14-13-25(39-26(35)19-34-38-8)29(3,4)23(30)12-15-32(24,31)7/h21-25,27,34H,1,9-19H2,2-8H3,(H,36,37)/t21-,22+,23?,24?,25-,27?,30-,31+,32+,33-/m0/s1. The molecule has 6 heteroatoms. The molecule has 0 aromatic carbocycles. The Balaban J connectivity index is 1.45. The Labute approximate surface area is 236 Å². The van der Waals surface area contributed by atoms with Gasteiger partial charge in [-0.25, -0.2) is 0 Å². The first-order valence-electron chi connectivity index (χ1n) is 15.5. The third kappa shape index (κ3) is 3.93. The molecule has 39 heavy (non-hydrogen) atoms. The highest BCUT2D eigenvalue weighted by Gasteiger charge is 2.72. The van der Waals surface area contributed by atoms with Crippen molar-refractivity contribution in [3.8, 4) is 0 Å². The van der Waals surface area contributed by atoms with Gasteiger partial charge in [-0.1, -0.05) is 46.8 Å². The molecule has 0 aromatic heterocycles. The molecule has 5 fully saturated rings. The van der Waals surface area contributed by atoms with E-state index in [1.54, 1.807) is 0 Å². The van der Waals surface area contributed by atoms with E-state index in [-0.39, 0.29) is 46.2 Å². The summed E-state index contributed by atoms with van der Waals surface area (Å²) in [4.78, 5) is 30.2. The molecule has 5 aliphatic rings. The maximum atomic E-state index is 12.9. The zero-order chi connectivity index (χ0) is 28.6. The molecule has 2 N–H and O–H groups in total. The van der Waals surface area contributed by atoms with Crippen molar-refractivity contribution in [3.63, 3.8) is 0 Å². The summed E-state index contributed by atoms with van der Waals surface area (Å²) in [6.45, 7) is 18.9. The van der Waals surface area contributed by atoms with Crippen molar-refractivity contribution in [1.29, 1.82) is 0 Å². The van der Waals surface area contributed by atoms with E-state index < -0.39 is 11.4 Å². The Morgan fingerprint density at radius 3 is 2.26 bits per heavy atom. The van der Waals surface area contributed by atoms with Crippen LogP contribution >= 0.6 is 0 Å². The number of carbonyl (C=O) groups is 2. The molecule has 0 radical (unpaired) electrons. The Hall–Kier alpha value is -1.40. The third-order valence-corrected chi connectivity index (χ3v) is 14.1. The van der Waals surface area contributed by atoms with Crippen LogP contribution in [0.15, 0.2) is 12.2 Å². The molecular formula is C33H53NO5. The Morgan fingerprint density at radius 1 is 0.897 bits per heavy atom. The summed E-state index contributed by atoms with van der Waals surface area (Å²) in [5.41, 5.74) is 3.63. The van der Waals surface area contributed by atoms with Gasteiger partial charge in [0.2, 0.25) is 0 Å². The molecular weight excluding hydrogens is 490 g/mol. The first-order valence-corrected chi connectivity index (χ1v) is 15.5. The first-order chi connectivity index (χ1) is 18.2. The molecule has 5 saturated carbocycles. The molecule has 10 atom stereocenters. The van der Waals surface area contributed by atoms with Crippen molar-refractivity contribution in [2.45, 2.75) is 112 Å². The highest BCUT2D eigenvalue weighted by molar-refractivity contribution is 5.76. The Morgan fingerprint density at radius 2 is 1.62 bits per heavy atom. The minimum absolute atomic E-state index is 0.0651. The zero-order valence-corrected chi connectivity index (χ0v) is 25.5. The van der Waals surface area contributed by atoms with E-state index in [1.807, 2.05) is 0 Å². The van der Waals surface area contributed by atoms with Gasteiger partial charge in [-0.2, -0.15) is 5.48 Å². The van der Waals surface area contributed by atoms with E-state index in [9.17, 15) is 14.7 Å². The monoisotopic (exact) mass is 543 g/mol. The van der Waals surface area contributed by atoms with Crippen LogP contribution in [-0.2, 0) is 19.2 Å². The number of aliphatic carboxylic acids is 1. The van der Waals surface area contributed by atoms with Crippen LogP contribution < -0.4 is 5.48 Å². The van der Waals surface area contributed by atoms with Gasteiger partial charge < -0.3 is 14.7 Å². The number of hydroxylamine groups is 1. The molecule has 3 unspecified atom stereocenters. The summed E-state index contributed by atoms with van der Waals surface area (Å²) in [6.07, 6.45) is 10.1. The number of ether oxygens (including phenoxy) is 1. The van der Waals surface area contributed by atoms with E-state index >= 15 is 0 Å². The van der Waals surface area contributed by atoms with Crippen molar-refractivity contribution < 1.29 is 24.3 Å². The van der Waals surface area contributed by atoms with Crippen LogP contribution in [0.4, 0.5) is 0 Å². The molecule has 6 nitrogen and oxygen atoms in total. The largest absolute Gasteiger partial charge is 0.481 e. The second kappa shape index (κ2) is 9.58. The Kier molecular flexibility index (Phi) is 7.15. The van der Waals surface area contributed by atoms with Crippen LogP contribution in [0, 0.1) is 56.7 Å². The molecule has 0 amide bonds. The van der Waals surface area contributed by atoms with Gasteiger partial charge in [0.15, 0.2) is 0 Å². The van der Waals surface area contributed by atoms with Crippen molar-refractivity contribution in [2.24, 2.45) is 56.7 Å². The second-order valence-corrected chi connectivity index (χ2v) is 15.5. The van der Waals surface area contributed by atoms with Crippen molar-refractivity contribution in [3.05, 3.63) is 12.2 Å². The number of allylic oxidation sites excluding steroid dienone is 1. The maximum Gasteiger partial charge on any atom is 0.322 e. The van der Waals surface area contributed by atoms with Gasteiger partial charge in [0.05, 0.1) is 12.5 Å². The summed E-state index contributed by atoms with van der Waals surface area (Å²) in [5, 5.41) is 10.6. The molecule has 5 aliphatic carbocycles. The normalized spacial score (nSPS) is 48.2. The van der Waals surface area contributed by atoms with Crippen LogP contribution in [0.2, 0.25) is 0 Å². The Bertz CT molecular complexity index is 1020. The fourth-order valence-corrected chi connectivity index (χ4v) is 12.0. The molecule has 0 bridgehead atoms. The predicted molar refractivity (Wildman–Crippen MR) is 151 cm³/mol. The van der Waals surface area contributed by atoms with Crippen LogP contribution in [0.1, 0.15) is 106 Å². The topological polar surface area (TPSA) is 84.9 Å². The number of esters is 1. The van der Waals surface area contributed by atoms with E-state index in [1.165, 1.54) is 25.5 Å². The van der Waals surface area contributed by atoms with Gasteiger partial charge in [-0.15, -0.1) is 0 Å². The number of carboxylic acids is 1. The number of carboxylic acid groups (broad SMARTS) is 1. The quantitative estimate of drug-likeness (QED) is 0.218. The SMILES string of the molecule is C=C(C)[C@@H]1CC[C@]2(C(=O)O)CC[C@]3(C)[C@H](CCC4[C@@]5(C)CC[C@H](OC(=O)CNOC)C(C)(C)C5CC[C@]43C)C12. The molecule has 5 rings (SSSR count). The van der Waals surface area contributed by atoms with Crippen LogP contribution in [0.3, 0.4) is 0 Å². The minimum Gasteiger partial charge on any atom is -0.481 e. The summed E-state index contributed by atoms with van der Waals surface area (Å²) in [7, 11) is 1.51. The highest BCUT2D eigenvalue weighted by atomic mass is 16.6. The summed E-state index contributed by atoms with van der Waals surface area (Å²) in [5.74, 6) is 1.25. The number of hydrogen-bond donors (Lipinski definition) is 2. The predicted octanol–water partition coefficient (Wildman–Crippen LogP) is 6.79. The highest BCUT2D eigenvalue weighted by Crippen LogP contribution is 2.77. The lowest BCUT2D eigenvalue weighted by atomic mass is 9.32. The summed E-state index contributed by atoms with van der Waals surface area (Å²) in [6, 6.07) is 0. The third-order valence-electron chi connectivity index (χ3n) is 14.1. The van der Waals surface area contributed by atoms with Crippen molar-refractivity contribution in [2.75, 3.05) is 13.7 Å². The number of rotatable bonds is 6. The van der Waals surface area contributed by atoms with Crippen LogP contribution in [-0.4, -0.2) is 36.8 Å². The number of carbonyl (C=O) groups excluding carboxylic acids is 1. The van der Waals surface area contributed by atoms with Crippen LogP contribution in [0.5, 0.6) is 0 Å². The van der Waals surface area contributed by atoms with Gasteiger partial charge in [-0.3, -0.25) is 9.59 Å². The van der Waals surface area contributed by atoms with Gasteiger partial charge in [0, 0.05) is 5.41 Å². The molecule has 0 spiro atoms. The average Bonchev–Trinajstić information content (AvgIpc) is 3.26. The van der Waals surface area contributed by atoms with Gasteiger partial charge in [0.25, 0.3) is 0 Å². The first kappa shape index (κ1) is 29.1. The molecule has 0 aliphatic heterocycles. The number of nitrogens with one attached hydrogen (secondary N) is 1. The minimum atomic E-state index is -0.570. The molecule has 0 aromatic rings. The molecule has 0 saturated heterocycles. The van der Waals surface area contributed by atoms with E-state index in [4.69, 9.17) is 9.57 Å². The lowest BCUT2D eigenvalue weighted by molar-refractivity contribution is -0.250. The summed E-state index contributed by atoms with van der Waals surface area (Å²) < 4.78 is 6.04. The van der Waals surface area contributed by atoms with Crippen LogP contribution in [0.25, 0.3) is 0 Å². The van der Waals surface area contributed by atoms with E-state index in [2.05, 4.69) is 53.6 Å². The lowest BCUT2D eigenvalue weighted by Gasteiger charge is -2.72. The average molecular weight is 544 g/mol. The van der Waals surface area contributed by atoms with E-state index in [0.29, 0.717) is 23.7 Å². The van der Waals surface area contributed by atoms with Gasteiger partial charge in [0.1, 0.15) is 12.6 Å². The number of fused-ring (bicyclic) bond motifs is 7. The smallest absolute Gasteiger partial charge is 0.322 e. The fourth-order valence-electron chi connectivity index (χ4n) is 12.0. The number of hydrogen-bond acceptors (Lipinski definition) is 5. The second-order valence-electron chi connectivity index (χ2n) is 15.5. The van der Waals surface area contributed by atoms with Gasteiger partial charge in [-0.05, 0) is 117 Å². The van der Waals surface area contributed by atoms with Crippen molar-refractivity contribution >= 4 is 11.9 Å². The molecule has 220 valence electrons. The molecule has 0 heterocycles. The zero-order valence-electron chi connectivity index (χ0n) is 25.5. The maximum absolute atomic E-state index is 12.9. The lowest BCUT2D eigenvalue weighted by Crippen LogP contribution is -2.67. The summed E-state index contributed by atoms with van der Waals surface area (Å²) >= 11 is 0. The van der Waals surface area contributed by atoms with E-state index in [0.717, 1.165) is 51.4 Å². The fraction of sp³-hybridized carbons (Fsp3) is 0.879. The van der Waals surface area contributed by atoms with Crippen molar-refractivity contribution in [1.82, 2.24) is 5.48 Å². The van der Waals surface area contributed by atoms with Gasteiger partial charge >= 0.3 is 11.9 Å².